The van der Waals surface area contributed by atoms with E-state index in [0.717, 1.165) is 5.56 Å². The second kappa shape index (κ2) is 7.16. The molecule has 0 bridgehead atoms. The predicted octanol–water partition coefficient (Wildman–Crippen LogP) is 5.34. The van der Waals surface area contributed by atoms with Crippen molar-refractivity contribution < 1.29 is 13.5 Å². The van der Waals surface area contributed by atoms with Crippen LogP contribution in [0.15, 0.2) is 24.4 Å². The van der Waals surface area contributed by atoms with Gasteiger partial charge in [0.05, 0.1) is 22.4 Å². The number of H-pyrrole nitrogens is 1. The minimum Gasteiger partial charge on any atom is -0.377 e. The maximum atomic E-state index is 15.5. The summed E-state index contributed by atoms with van der Waals surface area (Å²) in [5.41, 5.74) is 2.77. The first-order chi connectivity index (χ1) is 14.6. The summed E-state index contributed by atoms with van der Waals surface area (Å²) in [6.07, 6.45) is 1.76. The van der Waals surface area contributed by atoms with Gasteiger partial charge in [0.2, 0.25) is 0 Å². The number of methoxy groups -OCH3 is 1. The van der Waals surface area contributed by atoms with Crippen molar-refractivity contribution in [3.8, 4) is 11.1 Å². The van der Waals surface area contributed by atoms with Crippen molar-refractivity contribution in [3.63, 3.8) is 0 Å². The van der Waals surface area contributed by atoms with Crippen molar-refractivity contribution in [2.75, 3.05) is 23.9 Å². The van der Waals surface area contributed by atoms with E-state index in [1.165, 1.54) is 30.2 Å². The molecule has 0 saturated heterocycles. The smallest absolute Gasteiger partial charge is 0.133 e. The highest BCUT2D eigenvalue weighted by Crippen LogP contribution is 2.45. The Morgan fingerprint density at radius 3 is 2.58 bits per heavy atom. The number of ether oxygens (including phenoxy) is 1. The van der Waals surface area contributed by atoms with Crippen LogP contribution in [-0.4, -0.2) is 35.9 Å². The number of aromatic amines is 1. The number of hydrogen-bond donors (Lipinski definition) is 4. The molecule has 0 spiro atoms. The number of halogens is 2. The van der Waals surface area contributed by atoms with Gasteiger partial charge in [0, 0.05) is 29.8 Å². The number of nitrogens with one attached hydrogen (secondary N) is 4. The summed E-state index contributed by atoms with van der Waals surface area (Å²) in [4.78, 5) is 4.60. The van der Waals surface area contributed by atoms with Crippen LogP contribution in [0.4, 0.5) is 20.2 Å². The summed E-state index contributed by atoms with van der Waals surface area (Å²) >= 11 is 0. The number of amidine groups is 2. The molecule has 1 aromatic heterocycles. The lowest BCUT2D eigenvalue weighted by Gasteiger charge is -2.43. The number of benzene rings is 2. The topological polar surface area (TPSA) is 88.0 Å². The highest BCUT2D eigenvalue weighted by atomic mass is 19.1. The van der Waals surface area contributed by atoms with Gasteiger partial charge in [-0.1, -0.05) is 0 Å². The molecule has 0 unspecified atom stereocenters. The van der Waals surface area contributed by atoms with Crippen LogP contribution in [0.5, 0.6) is 0 Å². The fraction of sp³-hybridized carbons (Fsp3) is 0.304. The molecule has 0 radical (unpaired) electrons. The maximum Gasteiger partial charge on any atom is 0.133 e. The Morgan fingerprint density at radius 2 is 1.90 bits per heavy atom. The fourth-order valence-electron chi connectivity index (χ4n) is 4.27. The Morgan fingerprint density at radius 1 is 1.19 bits per heavy atom. The van der Waals surface area contributed by atoms with Gasteiger partial charge in [0.15, 0.2) is 0 Å². The fourth-order valence-corrected chi connectivity index (χ4v) is 4.27. The van der Waals surface area contributed by atoms with Gasteiger partial charge in [-0.05, 0) is 57.0 Å². The molecule has 0 fully saturated rings. The zero-order chi connectivity index (χ0) is 22.7. The number of rotatable bonds is 3. The zero-order valence-electron chi connectivity index (χ0n) is 18.1. The molecule has 31 heavy (non-hydrogen) atoms. The number of anilines is 2. The van der Waals surface area contributed by atoms with Crippen molar-refractivity contribution >= 4 is 33.9 Å². The third-order valence-corrected chi connectivity index (χ3v) is 5.76. The minimum absolute atomic E-state index is 0.00984. The molecular formula is C23H25F2N5O. The second-order valence-corrected chi connectivity index (χ2v) is 8.42. The monoisotopic (exact) mass is 425 g/mol. The van der Waals surface area contributed by atoms with E-state index in [0.29, 0.717) is 33.4 Å². The molecule has 6 nitrogen and oxygen atoms in total. The molecule has 3 aromatic rings. The summed E-state index contributed by atoms with van der Waals surface area (Å²) < 4.78 is 35.1. The van der Waals surface area contributed by atoms with Crippen LogP contribution in [0.25, 0.3) is 22.0 Å². The molecule has 4 rings (SSSR count). The molecule has 0 saturated carbocycles. The second-order valence-electron chi connectivity index (χ2n) is 8.42. The number of aromatic nitrogens is 1. The van der Waals surface area contributed by atoms with Crippen molar-refractivity contribution in [1.82, 2.24) is 4.98 Å². The zero-order valence-corrected chi connectivity index (χ0v) is 18.1. The highest BCUT2D eigenvalue weighted by molar-refractivity contribution is 6.25. The predicted molar refractivity (Wildman–Crippen MR) is 121 cm³/mol. The van der Waals surface area contributed by atoms with Crippen molar-refractivity contribution in [2.24, 2.45) is 0 Å². The van der Waals surface area contributed by atoms with E-state index in [4.69, 9.17) is 15.6 Å². The summed E-state index contributed by atoms with van der Waals surface area (Å²) in [7, 11) is 1.48. The Labute approximate surface area is 179 Å². The molecule has 1 aliphatic heterocycles. The summed E-state index contributed by atoms with van der Waals surface area (Å²) in [5, 5.41) is 21.1. The minimum atomic E-state index is -0.823. The van der Waals surface area contributed by atoms with E-state index in [-0.39, 0.29) is 23.8 Å². The van der Waals surface area contributed by atoms with Crippen molar-refractivity contribution in [3.05, 3.63) is 47.2 Å². The van der Waals surface area contributed by atoms with E-state index in [1.807, 2.05) is 6.92 Å². The summed E-state index contributed by atoms with van der Waals surface area (Å²) in [6.45, 7) is 7.17. The Hall–Kier alpha value is -3.26. The van der Waals surface area contributed by atoms with Gasteiger partial charge >= 0.3 is 0 Å². The molecule has 2 aromatic carbocycles. The normalized spacial score (nSPS) is 15.2. The van der Waals surface area contributed by atoms with Crippen molar-refractivity contribution in [1.29, 1.82) is 10.8 Å². The van der Waals surface area contributed by atoms with E-state index in [1.54, 1.807) is 27.0 Å². The van der Waals surface area contributed by atoms with Crippen LogP contribution >= 0.6 is 0 Å². The Balaban J connectivity index is 2.04. The molecule has 162 valence electrons. The quantitative estimate of drug-likeness (QED) is 0.337. The third-order valence-electron chi connectivity index (χ3n) is 5.76. The first-order valence-electron chi connectivity index (χ1n) is 9.91. The van der Waals surface area contributed by atoms with Gasteiger partial charge in [-0.25, -0.2) is 8.78 Å². The number of nitrogens with zero attached hydrogens (tertiary/aromatic N) is 1. The van der Waals surface area contributed by atoms with Gasteiger partial charge in [0.1, 0.15) is 29.9 Å². The van der Waals surface area contributed by atoms with Gasteiger partial charge in [-0.3, -0.25) is 15.7 Å². The molecule has 4 N–H and O–H groups in total. The SMILES string of the molecule is COCC(=N)N1C(=N)C(C)(C)Nc2cc(F)c(-c3cc(F)cc4c(C)c[nH]c34)c(C)c21. The van der Waals surface area contributed by atoms with Crippen molar-refractivity contribution in [2.45, 2.75) is 33.2 Å². The average Bonchev–Trinajstić information content (AvgIpc) is 3.04. The van der Waals surface area contributed by atoms with E-state index < -0.39 is 17.2 Å². The lowest BCUT2D eigenvalue weighted by Crippen LogP contribution is -2.56. The molecule has 0 amide bonds. The van der Waals surface area contributed by atoms with E-state index in [2.05, 4.69) is 10.3 Å². The van der Waals surface area contributed by atoms with Crippen LogP contribution in [0, 0.1) is 36.3 Å². The number of fused-ring (bicyclic) bond motifs is 2. The molecule has 2 heterocycles. The first kappa shape index (κ1) is 21.0. The maximum absolute atomic E-state index is 15.5. The number of hydrogen-bond acceptors (Lipinski definition) is 4. The van der Waals surface area contributed by atoms with Gasteiger partial charge in [-0.15, -0.1) is 0 Å². The van der Waals surface area contributed by atoms with Crippen LogP contribution in [0.1, 0.15) is 25.0 Å². The Bertz CT molecular complexity index is 1240. The molecule has 8 heteroatoms. The van der Waals surface area contributed by atoms with Crippen LogP contribution in [0.3, 0.4) is 0 Å². The first-order valence-corrected chi connectivity index (χ1v) is 9.91. The molecule has 0 atom stereocenters. The third kappa shape index (κ3) is 3.18. The van der Waals surface area contributed by atoms with Crippen LogP contribution < -0.4 is 10.2 Å². The van der Waals surface area contributed by atoms with Gasteiger partial charge in [-0.2, -0.15) is 0 Å². The lowest BCUT2D eigenvalue weighted by molar-refractivity contribution is 0.244. The Kier molecular flexibility index (Phi) is 4.85. The van der Waals surface area contributed by atoms with E-state index >= 15 is 4.39 Å². The van der Waals surface area contributed by atoms with Gasteiger partial charge in [0.25, 0.3) is 0 Å². The van der Waals surface area contributed by atoms with Crippen LogP contribution in [0.2, 0.25) is 0 Å². The summed E-state index contributed by atoms with van der Waals surface area (Å²) in [5.74, 6) is -0.769. The molecule has 1 aliphatic rings. The largest absolute Gasteiger partial charge is 0.377 e. The average molecular weight is 425 g/mol. The lowest BCUT2D eigenvalue weighted by atomic mass is 9.90. The van der Waals surface area contributed by atoms with Gasteiger partial charge < -0.3 is 15.0 Å². The number of aryl methyl sites for hydroxylation is 1. The molecule has 0 aliphatic carbocycles. The highest BCUT2D eigenvalue weighted by Gasteiger charge is 2.39. The molecular weight excluding hydrogens is 400 g/mol. The summed E-state index contributed by atoms with van der Waals surface area (Å²) in [6, 6.07) is 4.09. The standard InChI is InChI=1S/C23H25F2N5O/c1-11-9-28-20-14(11)6-13(24)7-15(20)19-12(2)21-17(8-16(19)25)29-23(3,4)22(27)30(21)18(26)10-31-5/h6-9,26-29H,10H2,1-5H3. The van der Waals surface area contributed by atoms with Crippen LogP contribution in [-0.2, 0) is 4.74 Å². The van der Waals surface area contributed by atoms with E-state index in [9.17, 15) is 4.39 Å².